The first kappa shape index (κ1) is 12.2. The van der Waals surface area contributed by atoms with Crippen molar-refractivity contribution in [1.29, 1.82) is 0 Å². The Labute approximate surface area is 102 Å². The van der Waals surface area contributed by atoms with Crippen LogP contribution in [0.2, 0.25) is 0 Å². The lowest BCUT2D eigenvalue weighted by molar-refractivity contribution is -0.132. The van der Waals surface area contributed by atoms with Crippen molar-refractivity contribution in [2.75, 3.05) is 13.1 Å². The van der Waals surface area contributed by atoms with Crippen LogP contribution in [-0.2, 0) is 9.53 Å². The molecule has 0 N–H and O–H groups in total. The summed E-state index contributed by atoms with van der Waals surface area (Å²) in [6, 6.07) is 0.369. The third kappa shape index (κ3) is 2.23. The molecule has 2 aliphatic heterocycles. The van der Waals surface area contributed by atoms with E-state index in [4.69, 9.17) is 4.74 Å². The molecule has 17 heavy (non-hydrogen) atoms. The number of fused-ring (bicyclic) bond motifs is 1. The smallest absolute Gasteiger partial charge is 0.410 e. The summed E-state index contributed by atoms with van der Waals surface area (Å²) in [5, 5.41) is 0. The van der Waals surface area contributed by atoms with Gasteiger partial charge in [0.1, 0.15) is 5.60 Å². The Kier molecular flexibility index (Phi) is 2.79. The van der Waals surface area contributed by atoms with E-state index in [2.05, 4.69) is 0 Å². The highest BCUT2D eigenvalue weighted by atomic mass is 16.6. The number of rotatable bonds is 0. The fourth-order valence-electron chi connectivity index (χ4n) is 2.54. The molecular weight excluding hydrogens is 220 g/mol. The summed E-state index contributed by atoms with van der Waals surface area (Å²) >= 11 is 0. The first-order valence-corrected chi connectivity index (χ1v) is 6.06. The van der Waals surface area contributed by atoms with Gasteiger partial charge in [-0.25, -0.2) is 4.79 Å². The van der Waals surface area contributed by atoms with Crippen LogP contribution >= 0.6 is 0 Å². The Morgan fingerprint density at radius 2 is 1.82 bits per heavy atom. The van der Waals surface area contributed by atoms with Gasteiger partial charge in [-0.2, -0.15) is 0 Å². The summed E-state index contributed by atoms with van der Waals surface area (Å²) in [5.41, 5.74) is -0.457. The summed E-state index contributed by atoms with van der Waals surface area (Å²) in [5.74, 6) is 0.0985. The van der Waals surface area contributed by atoms with Gasteiger partial charge in [-0.05, 0) is 27.2 Å². The quantitative estimate of drug-likeness (QED) is 0.640. The highest BCUT2D eigenvalue weighted by Crippen LogP contribution is 2.33. The van der Waals surface area contributed by atoms with E-state index in [1.807, 2.05) is 25.7 Å². The lowest BCUT2D eigenvalue weighted by atomic mass is 9.98. The molecule has 2 atom stereocenters. The van der Waals surface area contributed by atoms with Gasteiger partial charge in [0.15, 0.2) is 0 Å². The molecule has 0 bridgehead atoms. The molecule has 5 heteroatoms. The van der Waals surface area contributed by atoms with E-state index in [0.29, 0.717) is 6.54 Å². The third-order valence-corrected chi connectivity index (χ3v) is 3.33. The molecule has 2 amide bonds. The van der Waals surface area contributed by atoms with Crippen LogP contribution in [0.25, 0.3) is 0 Å². The van der Waals surface area contributed by atoms with Gasteiger partial charge in [-0.1, -0.05) is 0 Å². The van der Waals surface area contributed by atoms with Crippen molar-refractivity contribution < 1.29 is 14.3 Å². The predicted octanol–water partition coefficient (Wildman–Crippen LogP) is 1.23. The van der Waals surface area contributed by atoms with Gasteiger partial charge in [-0.3, -0.25) is 4.79 Å². The van der Waals surface area contributed by atoms with Crippen molar-refractivity contribution in [2.24, 2.45) is 0 Å². The molecular formula is C12H20N2O3. The standard InChI is InChI=1S/C12H20N2O3/c1-8(15)13-6-5-9-10(13)7-14(9)11(16)17-12(2,3)4/h9-10H,5-7H2,1-4H3/t9-,10-/m0/s1. The SMILES string of the molecule is CC(=O)N1CC[C@H]2[C@@H]1CN2C(=O)OC(C)(C)C. The molecule has 0 unspecified atom stereocenters. The van der Waals surface area contributed by atoms with Gasteiger partial charge in [0.05, 0.1) is 12.1 Å². The minimum Gasteiger partial charge on any atom is -0.444 e. The Bertz CT molecular complexity index is 348. The number of amides is 2. The molecule has 2 aliphatic rings. The van der Waals surface area contributed by atoms with Crippen molar-refractivity contribution in [3.05, 3.63) is 0 Å². The first-order chi connectivity index (χ1) is 7.79. The molecule has 2 rings (SSSR count). The fraction of sp³-hybridized carbons (Fsp3) is 0.833. The van der Waals surface area contributed by atoms with Gasteiger partial charge in [0.25, 0.3) is 0 Å². The minimum absolute atomic E-state index is 0.0985. The molecule has 96 valence electrons. The average Bonchev–Trinajstić information content (AvgIpc) is 2.39. The zero-order chi connectivity index (χ0) is 12.8. The van der Waals surface area contributed by atoms with E-state index in [1.165, 1.54) is 0 Å². The maximum absolute atomic E-state index is 11.9. The van der Waals surface area contributed by atoms with E-state index in [1.54, 1.807) is 11.8 Å². The topological polar surface area (TPSA) is 49.9 Å². The minimum atomic E-state index is -0.457. The number of carbonyl (C=O) groups is 2. The Balaban J connectivity index is 1.93. The van der Waals surface area contributed by atoms with Crippen LogP contribution in [0.15, 0.2) is 0 Å². The molecule has 0 aromatic carbocycles. The zero-order valence-electron chi connectivity index (χ0n) is 10.9. The normalized spacial score (nSPS) is 27.5. The molecule has 0 saturated carbocycles. The maximum Gasteiger partial charge on any atom is 0.410 e. The van der Waals surface area contributed by atoms with Crippen LogP contribution < -0.4 is 0 Å². The molecule has 2 fully saturated rings. The van der Waals surface area contributed by atoms with E-state index in [0.717, 1.165) is 13.0 Å². The summed E-state index contributed by atoms with van der Waals surface area (Å²) in [4.78, 5) is 26.8. The molecule has 0 aromatic rings. The van der Waals surface area contributed by atoms with Gasteiger partial charge in [-0.15, -0.1) is 0 Å². The maximum atomic E-state index is 11.9. The number of nitrogens with zero attached hydrogens (tertiary/aromatic N) is 2. The second-order valence-electron chi connectivity index (χ2n) is 5.77. The van der Waals surface area contributed by atoms with Crippen LogP contribution in [0.4, 0.5) is 4.79 Å². The number of likely N-dealkylation sites (tertiary alicyclic amines) is 2. The van der Waals surface area contributed by atoms with Crippen LogP contribution in [0.3, 0.4) is 0 Å². The van der Waals surface area contributed by atoms with Crippen molar-refractivity contribution in [3.63, 3.8) is 0 Å². The van der Waals surface area contributed by atoms with Crippen LogP contribution in [0.1, 0.15) is 34.1 Å². The van der Waals surface area contributed by atoms with Crippen LogP contribution in [-0.4, -0.2) is 52.6 Å². The van der Waals surface area contributed by atoms with Gasteiger partial charge >= 0.3 is 6.09 Å². The van der Waals surface area contributed by atoms with Gasteiger partial charge in [0.2, 0.25) is 5.91 Å². The third-order valence-electron chi connectivity index (χ3n) is 3.33. The lowest BCUT2D eigenvalue weighted by Crippen LogP contribution is -2.64. The summed E-state index contributed by atoms with van der Waals surface area (Å²) in [6.45, 7) is 8.53. The second kappa shape index (κ2) is 3.89. The van der Waals surface area contributed by atoms with Crippen LogP contribution in [0.5, 0.6) is 0 Å². The molecule has 2 saturated heterocycles. The number of hydrogen-bond acceptors (Lipinski definition) is 3. The average molecular weight is 240 g/mol. The van der Waals surface area contributed by atoms with E-state index in [9.17, 15) is 9.59 Å². The first-order valence-electron chi connectivity index (χ1n) is 6.06. The lowest BCUT2D eigenvalue weighted by Gasteiger charge is -2.46. The molecule has 5 nitrogen and oxygen atoms in total. The Morgan fingerprint density at radius 3 is 2.35 bits per heavy atom. The number of hydrogen-bond donors (Lipinski definition) is 0. The van der Waals surface area contributed by atoms with Crippen molar-refractivity contribution >= 4 is 12.0 Å². The van der Waals surface area contributed by atoms with E-state index < -0.39 is 5.60 Å². The van der Waals surface area contributed by atoms with Crippen molar-refractivity contribution in [3.8, 4) is 0 Å². The summed E-state index contributed by atoms with van der Waals surface area (Å²) in [7, 11) is 0. The molecule has 0 aliphatic carbocycles. The predicted molar refractivity (Wildman–Crippen MR) is 62.5 cm³/mol. The Morgan fingerprint density at radius 1 is 1.18 bits per heavy atom. The Hall–Kier alpha value is -1.26. The highest BCUT2D eigenvalue weighted by molar-refractivity contribution is 5.76. The monoisotopic (exact) mass is 240 g/mol. The number of ether oxygens (including phenoxy) is 1. The zero-order valence-corrected chi connectivity index (χ0v) is 10.9. The van der Waals surface area contributed by atoms with Crippen molar-refractivity contribution in [1.82, 2.24) is 9.80 Å². The van der Waals surface area contributed by atoms with Gasteiger partial charge in [0, 0.05) is 20.0 Å². The van der Waals surface area contributed by atoms with E-state index in [-0.39, 0.29) is 24.1 Å². The largest absolute Gasteiger partial charge is 0.444 e. The van der Waals surface area contributed by atoms with Gasteiger partial charge < -0.3 is 14.5 Å². The molecule has 0 spiro atoms. The second-order valence-corrected chi connectivity index (χ2v) is 5.77. The molecule has 2 heterocycles. The van der Waals surface area contributed by atoms with E-state index >= 15 is 0 Å². The highest BCUT2D eigenvalue weighted by Gasteiger charge is 2.50. The number of carbonyl (C=O) groups excluding carboxylic acids is 2. The molecule has 0 aromatic heterocycles. The van der Waals surface area contributed by atoms with Crippen molar-refractivity contribution in [2.45, 2.75) is 51.8 Å². The fourth-order valence-corrected chi connectivity index (χ4v) is 2.54. The molecule has 0 radical (unpaired) electrons. The summed E-state index contributed by atoms with van der Waals surface area (Å²) < 4.78 is 5.33. The summed E-state index contributed by atoms with van der Waals surface area (Å²) in [6.07, 6.45) is 0.605. The van der Waals surface area contributed by atoms with Crippen LogP contribution in [0, 0.1) is 0 Å².